The molecule has 174 valence electrons. The predicted octanol–water partition coefficient (Wildman–Crippen LogP) is 3.13. The molecule has 2 N–H and O–H groups in total. The largest absolute Gasteiger partial charge is 0.296 e. The summed E-state index contributed by atoms with van der Waals surface area (Å²) in [5.74, 6) is -1.44. The lowest BCUT2D eigenvalue weighted by molar-refractivity contribution is -0.103. The molecule has 0 saturated heterocycles. The molecule has 0 saturated carbocycles. The van der Waals surface area contributed by atoms with Crippen molar-refractivity contribution in [3.8, 4) is 12.1 Å². The number of anilines is 2. The van der Waals surface area contributed by atoms with E-state index in [0.29, 0.717) is 11.4 Å². The lowest BCUT2D eigenvalue weighted by Gasteiger charge is -2.06. The molecule has 10 heteroatoms. The monoisotopic (exact) mass is 476 g/mol. The van der Waals surface area contributed by atoms with Crippen LogP contribution in [0.2, 0.25) is 0 Å². The molecule has 0 aliphatic carbocycles. The van der Waals surface area contributed by atoms with Gasteiger partial charge in [-0.05, 0) is 24.3 Å². The first-order chi connectivity index (χ1) is 17.5. The molecule has 0 atom stereocenters. The van der Waals surface area contributed by atoms with Gasteiger partial charge in [0.2, 0.25) is 11.6 Å². The molecule has 0 spiro atoms. The van der Waals surface area contributed by atoms with Crippen molar-refractivity contribution in [1.29, 1.82) is 10.5 Å². The summed E-state index contributed by atoms with van der Waals surface area (Å²) in [5.41, 5.74) is 5.50. The lowest BCUT2D eigenvalue weighted by Crippen LogP contribution is -2.19. The summed E-state index contributed by atoms with van der Waals surface area (Å²) in [7, 11) is 0. The van der Waals surface area contributed by atoms with E-state index in [9.17, 15) is 19.2 Å². The van der Waals surface area contributed by atoms with E-state index in [1.165, 1.54) is 24.3 Å². The minimum atomic E-state index is -0.718. The third kappa shape index (κ3) is 5.78. The molecule has 0 heterocycles. The molecule has 0 amide bonds. The topological polar surface area (TPSA) is 165 Å². The summed E-state index contributed by atoms with van der Waals surface area (Å²) in [6.07, 6.45) is 0.538. The Kier molecular flexibility index (Phi) is 8.25. The maximum absolute atomic E-state index is 12.7. The van der Waals surface area contributed by atoms with Crippen molar-refractivity contribution in [3.05, 3.63) is 95.1 Å². The predicted molar refractivity (Wildman–Crippen MR) is 132 cm³/mol. The molecule has 36 heavy (non-hydrogen) atoms. The number of hydrogen-bond acceptors (Lipinski definition) is 10. The van der Waals surface area contributed by atoms with Gasteiger partial charge in [-0.3, -0.25) is 30.0 Å². The molecular weight excluding hydrogens is 460 g/mol. The maximum Gasteiger partial charge on any atom is 0.216 e. The summed E-state index contributed by atoms with van der Waals surface area (Å²) < 4.78 is 0. The highest BCUT2D eigenvalue weighted by Gasteiger charge is 2.18. The van der Waals surface area contributed by atoms with Gasteiger partial charge >= 0.3 is 0 Å². The fourth-order valence-corrected chi connectivity index (χ4v) is 2.93. The van der Waals surface area contributed by atoms with Crippen molar-refractivity contribution in [2.24, 2.45) is 10.2 Å². The molecule has 0 aromatic heterocycles. The SMILES string of the molecule is N#Cc1ccccc1NN=C(C=O)C(=O)c1ccc(C(=O)/C(C=O)=N/Nc2ccccc2C#N)cc1. The normalized spacial score (nSPS) is 10.9. The molecule has 10 nitrogen and oxygen atoms in total. The number of benzene rings is 3. The molecule has 3 rings (SSSR count). The van der Waals surface area contributed by atoms with Crippen LogP contribution in [0.1, 0.15) is 31.8 Å². The fraction of sp³-hybridized carbons (Fsp3) is 0. The van der Waals surface area contributed by atoms with Gasteiger partial charge in [0.15, 0.2) is 24.0 Å². The number of nitrogens with zero attached hydrogens (tertiary/aromatic N) is 4. The average molecular weight is 476 g/mol. The van der Waals surface area contributed by atoms with Gasteiger partial charge in [0.05, 0.1) is 22.5 Å². The Morgan fingerprint density at radius 2 is 1.00 bits per heavy atom. The van der Waals surface area contributed by atoms with Crippen molar-refractivity contribution >= 4 is 46.9 Å². The minimum Gasteiger partial charge on any atom is -0.296 e. The van der Waals surface area contributed by atoms with Crippen LogP contribution < -0.4 is 10.9 Å². The van der Waals surface area contributed by atoms with Gasteiger partial charge in [-0.2, -0.15) is 20.7 Å². The molecule has 3 aromatic carbocycles. The molecule has 0 fully saturated rings. The highest BCUT2D eigenvalue weighted by atomic mass is 16.1. The average Bonchev–Trinajstić information content (AvgIpc) is 2.93. The summed E-state index contributed by atoms with van der Waals surface area (Å²) in [6.45, 7) is 0. The van der Waals surface area contributed by atoms with Gasteiger partial charge in [-0.15, -0.1) is 0 Å². The number of para-hydroxylation sites is 2. The van der Waals surface area contributed by atoms with Crippen molar-refractivity contribution in [3.63, 3.8) is 0 Å². The number of hydrogen-bond donors (Lipinski definition) is 2. The molecule has 0 aliphatic heterocycles. The first kappa shape index (κ1) is 24.9. The van der Waals surface area contributed by atoms with Crippen molar-refractivity contribution in [1.82, 2.24) is 0 Å². The molecule has 0 aliphatic rings. The third-order valence-corrected chi connectivity index (χ3v) is 4.79. The number of carbonyl (C=O) groups excluding carboxylic acids is 4. The van der Waals surface area contributed by atoms with Crippen LogP contribution in [0.15, 0.2) is 83.0 Å². The Morgan fingerprint density at radius 1 is 0.639 bits per heavy atom. The zero-order valence-electron chi connectivity index (χ0n) is 18.5. The second-order valence-corrected chi connectivity index (χ2v) is 7.00. The van der Waals surface area contributed by atoms with E-state index in [1.54, 1.807) is 48.5 Å². The number of Topliss-reactive ketones (excluding diaryl/α,β-unsaturated/α-hetero) is 2. The Morgan fingerprint density at radius 3 is 1.33 bits per heavy atom. The second kappa shape index (κ2) is 11.9. The van der Waals surface area contributed by atoms with E-state index < -0.39 is 23.0 Å². The highest BCUT2D eigenvalue weighted by molar-refractivity contribution is 6.64. The Hall–Kier alpha value is -5.74. The van der Waals surface area contributed by atoms with E-state index in [4.69, 9.17) is 10.5 Å². The van der Waals surface area contributed by atoms with Crippen molar-refractivity contribution in [2.45, 2.75) is 0 Å². The summed E-state index contributed by atoms with van der Waals surface area (Å²) >= 11 is 0. The van der Waals surface area contributed by atoms with Crippen molar-refractivity contribution in [2.75, 3.05) is 10.9 Å². The van der Waals surface area contributed by atoms with Crippen LogP contribution in [0.3, 0.4) is 0 Å². The maximum atomic E-state index is 12.7. The minimum absolute atomic E-state index is 0.0680. The van der Waals surface area contributed by atoms with Crippen LogP contribution in [0, 0.1) is 22.7 Å². The van der Waals surface area contributed by atoms with Crippen molar-refractivity contribution < 1.29 is 19.2 Å². The van der Waals surface area contributed by atoms with Crippen LogP contribution in [0.4, 0.5) is 11.4 Å². The van der Waals surface area contributed by atoms with Crippen LogP contribution >= 0.6 is 0 Å². The summed E-state index contributed by atoms with van der Waals surface area (Å²) in [4.78, 5) is 48.2. The zero-order chi connectivity index (χ0) is 25.9. The quantitative estimate of drug-likeness (QED) is 0.148. The van der Waals surface area contributed by atoms with Gasteiger partial charge in [0.25, 0.3) is 0 Å². The molecule has 3 aromatic rings. The van der Waals surface area contributed by atoms with Gasteiger partial charge in [-0.25, -0.2) is 0 Å². The van der Waals surface area contributed by atoms with Gasteiger partial charge < -0.3 is 0 Å². The van der Waals surface area contributed by atoms with E-state index in [0.717, 1.165) is 0 Å². The molecular formula is C26H16N6O4. The van der Waals surface area contributed by atoms with Gasteiger partial charge in [-0.1, -0.05) is 48.5 Å². The number of carbonyl (C=O) groups is 4. The Balaban J connectivity index is 1.76. The van der Waals surface area contributed by atoms with Crippen LogP contribution in [-0.4, -0.2) is 35.6 Å². The number of nitrogens with one attached hydrogen (secondary N) is 2. The van der Waals surface area contributed by atoms with E-state index >= 15 is 0 Å². The smallest absolute Gasteiger partial charge is 0.216 e. The van der Waals surface area contributed by atoms with Gasteiger partial charge in [0.1, 0.15) is 12.1 Å². The number of nitriles is 2. The Bertz CT molecular complexity index is 1360. The Labute approximate surface area is 205 Å². The highest BCUT2D eigenvalue weighted by Crippen LogP contribution is 2.15. The lowest BCUT2D eigenvalue weighted by atomic mass is 10.0. The number of rotatable bonds is 10. The van der Waals surface area contributed by atoms with Crippen LogP contribution in [-0.2, 0) is 9.59 Å². The molecule has 0 unspecified atom stereocenters. The zero-order valence-corrected chi connectivity index (χ0v) is 18.5. The second-order valence-electron chi connectivity index (χ2n) is 7.00. The number of hydrazone groups is 2. The number of ketones is 2. The first-order valence-corrected chi connectivity index (χ1v) is 10.3. The molecule has 0 radical (unpaired) electrons. The fourth-order valence-electron chi connectivity index (χ4n) is 2.93. The van der Waals surface area contributed by atoms with E-state index in [-0.39, 0.29) is 34.8 Å². The summed E-state index contributed by atoms with van der Waals surface area (Å²) in [6, 6.07) is 22.0. The van der Waals surface area contributed by atoms with Crippen LogP contribution in [0.5, 0.6) is 0 Å². The van der Waals surface area contributed by atoms with E-state index in [1.807, 2.05) is 12.1 Å². The van der Waals surface area contributed by atoms with Crippen LogP contribution in [0.25, 0.3) is 0 Å². The summed E-state index contributed by atoms with van der Waals surface area (Å²) in [5, 5.41) is 25.8. The third-order valence-electron chi connectivity index (χ3n) is 4.79. The van der Waals surface area contributed by atoms with Gasteiger partial charge in [0, 0.05) is 11.1 Å². The molecule has 0 bridgehead atoms. The number of aldehydes is 2. The first-order valence-electron chi connectivity index (χ1n) is 10.3. The van der Waals surface area contributed by atoms with E-state index in [2.05, 4.69) is 21.1 Å². The standard InChI is InChI=1S/C26H16N6O4/c27-13-19-5-1-3-7-21(19)29-31-23(15-33)25(35)17-9-11-18(12-10-17)26(36)24(16-34)32-30-22-8-4-2-6-20(22)14-28/h1-12,15-16,29-30H/b31-23+,32-24?.